The molecule has 3 nitrogen and oxygen atoms in total. The van der Waals surface area contributed by atoms with Crippen molar-refractivity contribution < 1.29 is 9.53 Å². The van der Waals surface area contributed by atoms with Gasteiger partial charge in [0.2, 0.25) is 5.91 Å². The van der Waals surface area contributed by atoms with Gasteiger partial charge in [-0.25, -0.2) is 0 Å². The van der Waals surface area contributed by atoms with Gasteiger partial charge in [-0.1, -0.05) is 41.5 Å². The summed E-state index contributed by atoms with van der Waals surface area (Å²) in [5.41, 5.74) is 0. The molecule has 2 atom stereocenters. The van der Waals surface area contributed by atoms with E-state index in [4.69, 9.17) is 4.74 Å². The molecule has 0 saturated heterocycles. The fourth-order valence-electron chi connectivity index (χ4n) is 1.78. The van der Waals surface area contributed by atoms with Gasteiger partial charge >= 0.3 is 0 Å². The average Bonchev–Trinajstić information content (AvgIpc) is 2.32. The van der Waals surface area contributed by atoms with Crippen LogP contribution in [0.5, 0.6) is 0 Å². The van der Waals surface area contributed by atoms with Crippen molar-refractivity contribution >= 4 is 5.91 Å². The molecular formula is C16H33NO2. The molecule has 3 heteroatoms. The second-order valence-corrected chi connectivity index (χ2v) is 6.44. The highest BCUT2D eigenvalue weighted by Crippen LogP contribution is 2.19. The van der Waals surface area contributed by atoms with Crippen LogP contribution < -0.4 is 5.32 Å². The summed E-state index contributed by atoms with van der Waals surface area (Å²) in [7, 11) is 0. The number of nitrogens with one attached hydrogen (secondary N) is 1. The van der Waals surface area contributed by atoms with Crippen LogP contribution in [-0.2, 0) is 9.53 Å². The predicted octanol–water partition coefficient (Wildman–Crippen LogP) is 3.48. The molecule has 0 aromatic carbocycles. The molecule has 1 N–H and O–H groups in total. The van der Waals surface area contributed by atoms with Crippen LogP contribution in [0.15, 0.2) is 0 Å². The van der Waals surface area contributed by atoms with E-state index in [-0.39, 0.29) is 11.8 Å². The van der Waals surface area contributed by atoms with Crippen LogP contribution in [0.2, 0.25) is 0 Å². The normalized spacial score (nSPS) is 14.7. The third-order valence-electron chi connectivity index (χ3n) is 3.70. The maximum absolute atomic E-state index is 11.9. The first-order chi connectivity index (χ1) is 8.84. The summed E-state index contributed by atoms with van der Waals surface area (Å²) >= 11 is 0. The third-order valence-corrected chi connectivity index (χ3v) is 3.70. The first-order valence-electron chi connectivity index (χ1n) is 7.70. The first-order valence-corrected chi connectivity index (χ1v) is 7.70. The molecule has 1 amide bonds. The van der Waals surface area contributed by atoms with Crippen molar-refractivity contribution in [2.75, 3.05) is 19.8 Å². The summed E-state index contributed by atoms with van der Waals surface area (Å²) < 4.78 is 5.48. The van der Waals surface area contributed by atoms with Crippen LogP contribution in [0.4, 0.5) is 0 Å². The summed E-state index contributed by atoms with van der Waals surface area (Å²) in [6.45, 7) is 15.0. The first kappa shape index (κ1) is 18.4. The second-order valence-electron chi connectivity index (χ2n) is 6.44. The number of carbonyl (C=O) groups is 1. The van der Waals surface area contributed by atoms with Crippen LogP contribution >= 0.6 is 0 Å². The molecule has 0 saturated carbocycles. The lowest BCUT2D eigenvalue weighted by atomic mass is 9.88. The Kier molecular flexibility index (Phi) is 9.94. The van der Waals surface area contributed by atoms with Gasteiger partial charge in [0.25, 0.3) is 0 Å². The molecule has 0 fully saturated rings. The van der Waals surface area contributed by atoms with E-state index in [0.717, 1.165) is 19.4 Å². The zero-order valence-electron chi connectivity index (χ0n) is 13.7. The van der Waals surface area contributed by atoms with Gasteiger partial charge in [-0.3, -0.25) is 4.79 Å². The fourth-order valence-corrected chi connectivity index (χ4v) is 1.78. The Morgan fingerprint density at radius 3 is 2.21 bits per heavy atom. The zero-order chi connectivity index (χ0) is 14.8. The topological polar surface area (TPSA) is 38.3 Å². The Hall–Kier alpha value is -0.570. The molecule has 0 radical (unpaired) electrons. The highest BCUT2D eigenvalue weighted by atomic mass is 16.5. The lowest BCUT2D eigenvalue weighted by Crippen LogP contribution is -2.33. The summed E-state index contributed by atoms with van der Waals surface area (Å²) in [6.07, 6.45) is 2.04. The number of hydrogen-bond donors (Lipinski definition) is 1. The minimum Gasteiger partial charge on any atom is -0.380 e. The van der Waals surface area contributed by atoms with Crippen LogP contribution in [0.3, 0.4) is 0 Å². The van der Waals surface area contributed by atoms with E-state index in [2.05, 4.69) is 39.9 Å². The number of carbonyl (C=O) groups excluding carboxylic acids is 1. The molecule has 0 heterocycles. The Labute approximate surface area is 119 Å². The average molecular weight is 271 g/mol. The van der Waals surface area contributed by atoms with E-state index in [1.54, 1.807) is 0 Å². The minimum absolute atomic E-state index is 0.0908. The summed E-state index contributed by atoms with van der Waals surface area (Å²) in [4.78, 5) is 11.9. The van der Waals surface area contributed by atoms with Crippen molar-refractivity contribution in [1.82, 2.24) is 5.32 Å². The summed E-state index contributed by atoms with van der Waals surface area (Å²) in [5, 5.41) is 2.95. The molecule has 114 valence electrons. The van der Waals surface area contributed by atoms with Crippen molar-refractivity contribution in [3.8, 4) is 0 Å². The van der Waals surface area contributed by atoms with E-state index in [1.165, 1.54) is 0 Å². The predicted molar refractivity (Wildman–Crippen MR) is 81.1 cm³/mol. The van der Waals surface area contributed by atoms with Gasteiger partial charge < -0.3 is 10.1 Å². The Morgan fingerprint density at radius 1 is 1.05 bits per heavy atom. The Balaban J connectivity index is 3.62. The molecular weight excluding hydrogens is 238 g/mol. The SMILES string of the molecule is CC(C)CCOCCNC(=O)C(C)CC(C)C(C)C. The summed E-state index contributed by atoms with van der Waals surface area (Å²) in [6, 6.07) is 0. The fraction of sp³-hybridized carbons (Fsp3) is 0.938. The molecule has 0 aromatic heterocycles. The number of hydrogen-bond acceptors (Lipinski definition) is 2. The van der Waals surface area contributed by atoms with E-state index in [0.29, 0.717) is 30.9 Å². The number of amides is 1. The van der Waals surface area contributed by atoms with Crippen molar-refractivity contribution in [2.24, 2.45) is 23.7 Å². The van der Waals surface area contributed by atoms with Crippen LogP contribution in [-0.4, -0.2) is 25.7 Å². The smallest absolute Gasteiger partial charge is 0.222 e. The van der Waals surface area contributed by atoms with E-state index in [9.17, 15) is 4.79 Å². The molecule has 0 spiro atoms. The standard InChI is InChI=1S/C16H33NO2/c1-12(2)7-9-19-10-8-17-16(18)15(6)11-14(5)13(3)4/h12-15H,7-11H2,1-6H3,(H,17,18). The van der Waals surface area contributed by atoms with Crippen molar-refractivity contribution in [1.29, 1.82) is 0 Å². The van der Waals surface area contributed by atoms with Crippen LogP contribution in [0, 0.1) is 23.7 Å². The van der Waals surface area contributed by atoms with Crippen molar-refractivity contribution in [3.63, 3.8) is 0 Å². The lowest BCUT2D eigenvalue weighted by molar-refractivity contribution is -0.125. The maximum atomic E-state index is 11.9. The van der Waals surface area contributed by atoms with Gasteiger partial charge in [-0.05, 0) is 30.6 Å². The Morgan fingerprint density at radius 2 is 1.68 bits per heavy atom. The lowest BCUT2D eigenvalue weighted by Gasteiger charge is -2.19. The molecule has 0 aliphatic heterocycles. The highest BCUT2D eigenvalue weighted by Gasteiger charge is 2.17. The zero-order valence-corrected chi connectivity index (χ0v) is 13.7. The van der Waals surface area contributed by atoms with Gasteiger partial charge in [0.1, 0.15) is 0 Å². The van der Waals surface area contributed by atoms with Gasteiger partial charge in [0, 0.05) is 19.1 Å². The second kappa shape index (κ2) is 10.2. The monoisotopic (exact) mass is 271 g/mol. The van der Waals surface area contributed by atoms with Crippen molar-refractivity contribution in [3.05, 3.63) is 0 Å². The molecule has 19 heavy (non-hydrogen) atoms. The van der Waals surface area contributed by atoms with Crippen molar-refractivity contribution in [2.45, 2.75) is 54.4 Å². The summed E-state index contributed by atoms with van der Waals surface area (Å²) in [5.74, 6) is 2.14. The van der Waals surface area contributed by atoms with Crippen LogP contribution in [0.25, 0.3) is 0 Å². The quantitative estimate of drug-likeness (QED) is 0.618. The maximum Gasteiger partial charge on any atom is 0.222 e. The van der Waals surface area contributed by atoms with E-state index >= 15 is 0 Å². The van der Waals surface area contributed by atoms with Gasteiger partial charge in [0.05, 0.1) is 6.61 Å². The molecule has 2 unspecified atom stereocenters. The van der Waals surface area contributed by atoms with Gasteiger partial charge in [0.15, 0.2) is 0 Å². The highest BCUT2D eigenvalue weighted by molar-refractivity contribution is 5.78. The molecule has 0 aromatic rings. The molecule has 0 rings (SSSR count). The van der Waals surface area contributed by atoms with Gasteiger partial charge in [-0.15, -0.1) is 0 Å². The minimum atomic E-state index is 0.0908. The van der Waals surface area contributed by atoms with E-state index < -0.39 is 0 Å². The van der Waals surface area contributed by atoms with Gasteiger partial charge in [-0.2, -0.15) is 0 Å². The molecule has 0 aliphatic carbocycles. The molecule has 0 bridgehead atoms. The number of rotatable bonds is 10. The largest absolute Gasteiger partial charge is 0.380 e. The van der Waals surface area contributed by atoms with E-state index in [1.807, 2.05) is 6.92 Å². The van der Waals surface area contributed by atoms with Crippen LogP contribution in [0.1, 0.15) is 54.4 Å². The Bertz CT molecular complexity index is 239. The third kappa shape index (κ3) is 9.94. The molecule has 0 aliphatic rings. The number of ether oxygens (including phenoxy) is 1.